The zero-order valence-electron chi connectivity index (χ0n) is 12.8. The van der Waals surface area contributed by atoms with Crippen LogP contribution in [0.15, 0.2) is 30.7 Å². The van der Waals surface area contributed by atoms with Gasteiger partial charge in [0.2, 0.25) is 0 Å². The Labute approximate surface area is 134 Å². The van der Waals surface area contributed by atoms with E-state index in [4.69, 9.17) is 10.5 Å². The lowest BCUT2D eigenvalue weighted by Crippen LogP contribution is -2.23. The summed E-state index contributed by atoms with van der Waals surface area (Å²) in [6.45, 7) is 1.41. The number of aliphatic carboxylic acids is 1. The highest BCUT2D eigenvalue weighted by Gasteiger charge is 2.26. The van der Waals surface area contributed by atoms with Gasteiger partial charge in [-0.3, -0.25) is 4.79 Å². The monoisotopic (exact) mass is 316 g/mol. The number of aromatic nitrogens is 3. The van der Waals surface area contributed by atoms with Crippen LogP contribution in [0.1, 0.15) is 30.1 Å². The molecule has 3 N–H and O–H groups in total. The van der Waals surface area contributed by atoms with Crippen molar-refractivity contribution < 1.29 is 14.6 Å². The van der Waals surface area contributed by atoms with Crippen molar-refractivity contribution in [3.8, 4) is 0 Å². The lowest BCUT2D eigenvalue weighted by atomic mass is 9.99. The van der Waals surface area contributed by atoms with Crippen molar-refractivity contribution in [2.75, 3.05) is 12.3 Å². The van der Waals surface area contributed by atoms with Crippen molar-refractivity contribution in [1.82, 2.24) is 14.5 Å². The normalized spacial score (nSPS) is 18.9. The molecule has 3 heterocycles. The topological polar surface area (TPSA) is 103 Å². The van der Waals surface area contributed by atoms with Crippen molar-refractivity contribution in [3.05, 3.63) is 42.1 Å². The molecular formula is C16H20N4O3. The Balaban J connectivity index is 1.79. The summed E-state index contributed by atoms with van der Waals surface area (Å²) < 4.78 is 7.52. The first-order valence-electron chi connectivity index (χ1n) is 7.69. The fraction of sp³-hybridized carbons (Fsp3) is 0.438. The minimum Gasteiger partial charge on any atom is -0.481 e. The second-order valence-corrected chi connectivity index (χ2v) is 5.76. The van der Waals surface area contributed by atoms with E-state index in [1.54, 1.807) is 24.5 Å². The SMILES string of the molecule is Nc1ccc(CC(C(=O)O)c2nccn2CC2CCCO2)cn1. The summed E-state index contributed by atoms with van der Waals surface area (Å²) in [6, 6.07) is 3.47. The van der Waals surface area contributed by atoms with Crippen LogP contribution in [0.5, 0.6) is 0 Å². The minimum atomic E-state index is -0.901. The van der Waals surface area contributed by atoms with Crippen molar-refractivity contribution in [1.29, 1.82) is 0 Å². The van der Waals surface area contributed by atoms with Crippen LogP contribution in [0, 0.1) is 0 Å². The molecule has 2 unspecified atom stereocenters. The number of carboxylic acid groups (broad SMARTS) is 1. The van der Waals surface area contributed by atoms with Crippen molar-refractivity contribution >= 4 is 11.8 Å². The Morgan fingerprint density at radius 2 is 2.35 bits per heavy atom. The van der Waals surface area contributed by atoms with E-state index in [9.17, 15) is 9.90 Å². The quantitative estimate of drug-likeness (QED) is 0.836. The number of hydrogen-bond donors (Lipinski definition) is 2. The zero-order chi connectivity index (χ0) is 16.2. The highest BCUT2D eigenvalue weighted by molar-refractivity contribution is 5.75. The number of carbonyl (C=O) groups is 1. The average molecular weight is 316 g/mol. The maximum absolute atomic E-state index is 11.7. The molecule has 0 amide bonds. The Kier molecular flexibility index (Phi) is 4.57. The van der Waals surface area contributed by atoms with Gasteiger partial charge in [0.15, 0.2) is 0 Å². The van der Waals surface area contributed by atoms with Gasteiger partial charge in [-0.1, -0.05) is 6.07 Å². The number of hydrogen-bond acceptors (Lipinski definition) is 5. The molecule has 2 atom stereocenters. The van der Waals surface area contributed by atoms with Crippen molar-refractivity contribution in [2.45, 2.75) is 37.8 Å². The summed E-state index contributed by atoms with van der Waals surface area (Å²) in [6.07, 6.45) is 7.57. The predicted molar refractivity (Wildman–Crippen MR) is 83.9 cm³/mol. The number of carboxylic acids is 1. The van der Waals surface area contributed by atoms with Gasteiger partial charge in [-0.2, -0.15) is 0 Å². The van der Waals surface area contributed by atoms with E-state index in [1.165, 1.54) is 0 Å². The van der Waals surface area contributed by atoms with Crippen LogP contribution >= 0.6 is 0 Å². The van der Waals surface area contributed by atoms with Crippen LogP contribution in [-0.4, -0.2) is 38.3 Å². The molecule has 1 aliphatic heterocycles. The van der Waals surface area contributed by atoms with Crippen LogP contribution in [0.4, 0.5) is 5.82 Å². The molecule has 0 bridgehead atoms. The Morgan fingerprint density at radius 3 is 3.00 bits per heavy atom. The standard InChI is InChI=1S/C16H20N4O3/c17-14-4-3-11(9-19-14)8-13(16(21)22)15-18-5-6-20(15)10-12-2-1-7-23-12/h3-6,9,12-13H,1-2,7-8,10H2,(H2,17,19)(H,21,22). The largest absolute Gasteiger partial charge is 0.481 e. The number of pyridine rings is 1. The molecule has 7 heteroatoms. The van der Waals surface area contributed by atoms with Crippen LogP contribution in [0.25, 0.3) is 0 Å². The summed E-state index contributed by atoms with van der Waals surface area (Å²) in [5.74, 6) is -0.663. The third-order valence-electron chi connectivity index (χ3n) is 4.07. The van der Waals surface area contributed by atoms with Crippen LogP contribution in [0.3, 0.4) is 0 Å². The third-order valence-corrected chi connectivity index (χ3v) is 4.07. The number of imidazole rings is 1. The maximum Gasteiger partial charge on any atom is 0.314 e. The van der Waals surface area contributed by atoms with E-state index in [2.05, 4.69) is 9.97 Å². The average Bonchev–Trinajstić information content (AvgIpc) is 3.19. The molecule has 1 fully saturated rings. The summed E-state index contributed by atoms with van der Waals surface area (Å²) in [5.41, 5.74) is 6.39. The summed E-state index contributed by atoms with van der Waals surface area (Å²) in [4.78, 5) is 20.0. The number of rotatable bonds is 6. The molecule has 1 aliphatic rings. The second-order valence-electron chi connectivity index (χ2n) is 5.76. The van der Waals surface area contributed by atoms with Gasteiger partial charge in [-0.15, -0.1) is 0 Å². The molecule has 0 spiro atoms. The maximum atomic E-state index is 11.7. The number of ether oxygens (including phenoxy) is 1. The molecule has 1 saturated heterocycles. The molecule has 3 rings (SSSR count). The van der Waals surface area contributed by atoms with E-state index < -0.39 is 11.9 Å². The molecular weight excluding hydrogens is 296 g/mol. The Hall–Kier alpha value is -2.41. The predicted octanol–water partition coefficient (Wildman–Crippen LogP) is 1.45. The van der Waals surface area contributed by atoms with Crippen molar-refractivity contribution in [2.24, 2.45) is 0 Å². The highest BCUT2D eigenvalue weighted by Crippen LogP contribution is 2.22. The van der Waals surface area contributed by atoms with Gasteiger partial charge in [-0.25, -0.2) is 9.97 Å². The lowest BCUT2D eigenvalue weighted by Gasteiger charge is -2.17. The second kappa shape index (κ2) is 6.78. The van der Waals surface area contributed by atoms with E-state index in [1.807, 2.05) is 10.8 Å². The van der Waals surface area contributed by atoms with Gasteiger partial charge in [-0.05, 0) is 30.9 Å². The van der Waals surface area contributed by atoms with Crippen LogP contribution < -0.4 is 5.73 Å². The molecule has 0 saturated carbocycles. The Morgan fingerprint density at radius 1 is 1.48 bits per heavy atom. The third kappa shape index (κ3) is 3.68. The molecule has 0 aliphatic carbocycles. The van der Waals surface area contributed by atoms with Gasteiger partial charge in [0.05, 0.1) is 12.6 Å². The van der Waals surface area contributed by atoms with E-state index in [0.717, 1.165) is 25.0 Å². The molecule has 2 aromatic heterocycles. The van der Waals surface area contributed by atoms with Gasteiger partial charge >= 0.3 is 5.97 Å². The summed E-state index contributed by atoms with van der Waals surface area (Å²) in [7, 11) is 0. The number of nitrogen functional groups attached to an aromatic ring is 1. The van der Waals surface area contributed by atoms with E-state index in [0.29, 0.717) is 24.6 Å². The molecule has 0 aromatic carbocycles. The van der Waals surface area contributed by atoms with Gasteiger partial charge in [0.25, 0.3) is 0 Å². The first kappa shape index (κ1) is 15.5. The molecule has 23 heavy (non-hydrogen) atoms. The fourth-order valence-corrected chi connectivity index (χ4v) is 2.87. The number of anilines is 1. The van der Waals surface area contributed by atoms with Crippen LogP contribution in [-0.2, 0) is 22.5 Å². The number of nitrogens with two attached hydrogens (primary N) is 1. The number of nitrogens with zero attached hydrogens (tertiary/aromatic N) is 3. The minimum absolute atomic E-state index is 0.135. The molecule has 122 valence electrons. The van der Waals surface area contributed by atoms with Crippen LogP contribution in [0.2, 0.25) is 0 Å². The smallest absolute Gasteiger partial charge is 0.314 e. The van der Waals surface area contributed by atoms with E-state index >= 15 is 0 Å². The zero-order valence-corrected chi connectivity index (χ0v) is 12.8. The first-order chi connectivity index (χ1) is 11.1. The van der Waals surface area contributed by atoms with Gasteiger partial charge < -0.3 is 20.1 Å². The van der Waals surface area contributed by atoms with Gasteiger partial charge in [0.1, 0.15) is 17.6 Å². The fourth-order valence-electron chi connectivity index (χ4n) is 2.87. The molecule has 2 aromatic rings. The Bertz CT molecular complexity index is 662. The molecule has 7 nitrogen and oxygen atoms in total. The lowest BCUT2D eigenvalue weighted by molar-refractivity contribution is -0.139. The summed E-state index contributed by atoms with van der Waals surface area (Å²) >= 11 is 0. The van der Waals surface area contributed by atoms with E-state index in [-0.39, 0.29) is 6.10 Å². The first-order valence-corrected chi connectivity index (χ1v) is 7.69. The highest BCUT2D eigenvalue weighted by atomic mass is 16.5. The van der Waals surface area contributed by atoms with Gasteiger partial charge in [0, 0.05) is 25.2 Å². The summed E-state index contributed by atoms with van der Waals surface area (Å²) in [5, 5.41) is 9.62. The molecule has 0 radical (unpaired) electrons. The van der Waals surface area contributed by atoms with Crippen molar-refractivity contribution in [3.63, 3.8) is 0 Å².